The molecular formula is C18H25NO3. The van der Waals surface area contributed by atoms with Gasteiger partial charge in [-0.3, -0.25) is 4.79 Å². The minimum Gasteiger partial charge on any atom is -0.480 e. The smallest absolute Gasteiger partial charge is 0.326 e. The van der Waals surface area contributed by atoms with E-state index < -0.39 is 12.0 Å². The van der Waals surface area contributed by atoms with Gasteiger partial charge in [-0.05, 0) is 29.4 Å². The molecule has 1 aliphatic heterocycles. The van der Waals surface area contributed by atoms with Crippen molar-refractivity contribution in [2.45, 2.75) is 52.6 Å². The lowest BCUT2D eigenvalue weighted by atomic mass is 9.91. The van der Waals surface area contributed by atoms with Crippen molar-refractivity contribution >= 4 is 11.9 Å². The van der Waals surface area contributed by atoms with E-state index in [1.165, 1.54) is 0 Å². The molecule has 1 aromatic carbocycles. The number of carbonyl (C=O) groups excluding carboxylic acids is 1. The molecule has 0 saturated heterocycles. The summed E-state index contributed by atoms with van der Waals surface area (Å²) < 4.78 is 0. The second-order valence-corrected chi connectivity index (χ2v) is 6.79. The van der Waals surface area contributed by atoms with Crippen LogP contribution in [0.4, 0.5) is 0 Å². The van der Waals surface area contributed by atoms with Gasteiger partial charge in [0.05, 0.1) is 0 Å². The van der Waals surface area contributed by atoms with Gasteiger partial charge in [0.15, 0.2) is 0 Å². The number of hydrogen-bond donors (Lipinski definition) is 1. The topological polar surface area (TPSA) is 57.6 Å². The fourth-order valence-corrected chi connectivity index (χ4v) is 3.31. The molecule has 1 amide bonds. The Bertz CT molecular complexity index is 553. The molecule has 1 aromatic rings. The van der Waals surface area contributed by atoms with Gasteiger partial charge in [0.1, 0.15) is 6.04 Å². The van der Waals surface area contributed by atoms with Crippen molar-refractivity contribution in [3.05, 3.63) is 35.4 Å². The highest BCUT2D eigenvalue weighted by Gasteiger charge is 2.34. The minimum atomic E-state index is -0.917. The Labute approximate surface area is 132 Å². The van der Waals surface area contributed by atoms with Crippen molar-refractivity contribution in [3.63, 3.8) is 0 Å². The summed E-state index contributed by atoms with van der Waals surface area (Å²) >= 11 is 0. The normalized spacial score (nSPS) is 18.9. The molecule has 2 unspecified atom stereocenters. The summed E-state index contributed by atoms with van der Waals surface area (Å²) in [6.07, 6.45) is 1.80. The number of carboxylic acids is 1. The Balaban J connectivity index is 2.13. The van der Waals surface area contributed by atoms with Crippen LogP contribution in [0, 0.1) is 11.8 Å². The molecule has 0 aliphatic carbocycles. The third kappa shape index (κ3) is 3.87. The van der Waals surface area contributed by atoms with Gasteiger partial charge in [0.25, 0.3) is 0 Å². The summed E-state index contributed by atoms with van der Waals surface area (Å²) in [6, 6.07) is 7.04. The molecule has 4 nitrogen and oxygen atoms in total. The molecule has 0 bridgehead atoms. The van der Waals surface area contributed by atoms with Gasteiger partial charge < -0.3 is 10.0 Å². The first-order valence-electron chi connectivity index (χ1n) is 7.97. The van der Waals surface area contributed by atoms with Crippen LogP contribution in [-0.2, 0) is 22.6 Å². The third-order valence-corrected chi connectivity index (χ3v) is 4.25. The number of aliphatic carboxylic acids is 1. The molecule has 120 valence electrons. The predicted octanol–water partition coefficient (Wildman–Crippen LogP) is 3.10. The van der Waals surface area contributed by atoms with E-state index in [1.54, 1.807) is 4.90 Å². The molecule has 1 heterocycles. The SMILES string of the molecule is CC(C)CC(C)CC(=O)N1Cc2ccccc2CC1C(=O)O. The molecule has 2 atom stereocenters. The molecule has 1 aliphatic rings. The van der Waals surface area contributed by atoms with Crippen LogP contribution in [0.3, 0.4) is 0 Å². The summed E-state index contributed by atoms with van der Waals surface area (Å²) in [5.74, 6) is -0.145. The van der Waals surface area contributed by atoms with Crippen LogP contribution in [0.1, 0.15) is 44.7 Å². The summed E-state index contributed by atoms with van der Waals surface area (Å²) in [6.45, 7) is 6.74. The summed E-state index contributed by atoms with van der Waals surface area (Å²) in [4.78, 5) is 25.7. The monoisotopic (exact) mass is 303 g/mol. The molecule has 0 saturated carbocycles. The highest BCUT2D eigenvalue weighted by Crippen LogP contribution is 2.25. The number of carbonyl (C=O) groups is 2. The van der Waals surface area contributed by atoms with Gasteiger partial charge in [0, 0.05) is 19.4 Å². The molecule has 22 heavy (non-hydrogen) atoms. The highest BCUT2D eigenvalue weighted by atomic mass is 16.4. The predicted molar refractivity (Wildman–Crippen MR) is 85.4 cm³/mol. The first-order valence-corrected chi connectivity index (χ1v) is 7.97. The van der Waals surface area contributed by atoms with E-state index in [4.69, 9.17) is 0 Å². The lowest BCUT2D eigenvalue weighted by molar-refractivity contribution is -0.151. The minimum absolute atomic E-state index is 0.0462. The fraction of sp³-hybridized carbons (Fsp3) is 0.556. The lowest BCUT2D eigenvalue weighted by Crippen LogP contribution is -2.49. The van der Waals surface area contributed by atoms with Crippen LogP contribution in [0.25, 0.3) is 0 Å². The number of hydrogen-bond acceptors (Lipinski definition) is 2. The Hall–Kier alpha value is -1.84. The van der Waals surface area contributed by atoms with E-state index in [2.05, 4.69) is 20.8 Å². The van der Waals surface area contributed by atoms with Crippen molar-refractivity contribution in [3.8, 4) is 0 Å². The maximum atomic E-state index is 12.6. The molecule has 0 spiro atoms. The molecule has 0 radical (unpaired) electrons. The van der Waals surface area contributed by atoms with Crippen LogP contribution >= 0.6 is 0 Å². The Morgan fingerprint density at radius 3 is 2.45 bits per heavy atom. The third-order valence-electron chi connectivity index (χ3n) is 4.25. The van der Waals surface area contributed by atoms with Crippen LogP contribution in [0.5, 0.6) is 0 Å². The van der Waals surface area contributed by atoms with Crippen molar-refractivity contribution < 1.29 is 14.7 Å². The number of carboxylic acid groups (broad SMARTS) is 1. The van der Waals surface area contributed by atoms with Gasteiger partial charge in [-0.15, -0.1) is 0 Å². The summed E-state index contributed by atoms with van der Waals surface area (Å²) in [7, 11) is 0. The van der Waals surface area contributed by atoms with E-state index in [9.17, 15) is 14.7 Å². The molecule has 0 aromatic heterocycles. The molecule has 1 N–H and O–H groups in total. The number of rotatable bonds is 5. The van der Waals surface area contributed by atoms with Crippen LogP contribution in [-0.4, -0.2) is 27.9 Å². The van der Waals surface area contributed by atoms with E-state index in [0.29, 0.717) is 25.3 Å². The highest BCUT2D eigenvalue weighted by molar-refractivity contribution is 5.84. The van der Waals surface area contributed by atoms with Crippen molar-refractivity contribution in [1.82, 2.24) is 4.90 Å². The van der Waals surface area contributed by atoms with E-state index in [-0.39, 0.29) is 11.8 Å². The van der Waals surface area contributed by atoms with Gasteiger partial charge >= 0.3 is 5.97 Å². The maximum Gasteiger partial charge on any atom is 0.326 e. The van der Waals surface area contributed by atoms with Crippen LogP contribution in [0.2, 0.25) is 0 Å². The Kier molecular flexibility index (Phi) is 5.22. The zero-order valence-corrected chi connectivity index (χ0v) is 13.6. The largest absolute Gasteiger partial charge is 0.480 e. The van der Waals surface area contributed by atoms with Crippen molar-refractivity contribution in [2.75, 3.05) is 0 Å². The van der Waals surface area contributed by atoms with Crippen molar-refractivity contribution in [2.24, 2.45) is 11.8 Å². The van der Waals surface area contributed by atoms with E-state index in [1.807, 2.05) is 24.3 Å². The maximum absolute atomic E-state index is 12.6. The average molecular weight is 303 g/mol. The Morgan fingerprint density at radius 1 is 1.23 bits per heavy atom. The molecule has 0 fully saturated rings. The lowest BCUT2D eigenvalue weighted by Gasteiger charge is -2.35. The van der Waals surface area contributed by atoms with Gasteiger partial charge in [0.2, 0.25) is 5.91 Å². The number of nitrogens with zero attached hydrogens (tertiary/aromatic N) is 1. The molecular weight excluding hydrogens is 278 g/mol. The second kappa shape index (κ2) is 6.95. The van der Waals surface area contributed by atoms with E-state index in [0.717, 1.165) is 17.5 Å². The van der Waals surface area contributed by atoms with Crippen LogP contribution < -0.4 is 0 Å². The number of fused-ring (bicyclic) bond motifs is 1. The van der Waals surface area contributed by atoms with E-state index >= 15 is 0 Å². The zero-order chi connectivity index (χ0) is 16.3. The van der Waals surface area contributed by atoms with Gasteiger partial charge in [-0.25, -0.2) is 4.79 Å². The zero-order valence-electron chi connectivity index (χ0n) is 13.6. The Morgan fingerprint density at radius 2 is 1.86 bits per heavy atom. The van der Waals surface area contributed by atoms with Crippen LogP contribution in [0.15, 0.2) is 24.3 Å². The van der Waals surface area contributed by atoms with Gasteiger partial charge in [-0.2, -0.15) is 0 Å². The second-order valence-electron chi connectivity index (χ2n) is 6.79. The molecule has 2 rings (SSSR count). The van der Waals surface area contributed by atoms with Crippen molar-refractivity contribution in [1.29, 1.82) is 0 Å². The average Bonchev–Trinajstić information content (AvgIpc) is 2.44. The first kappa shape index (κ1) is 16.5. The summed E-state index contributed by atoms with van der Waals surface area (Å²) in [5, 5.41) is 9.47. The summed E-state index contributed by atoms with van der Waals surface area (Å²) in [5.41, 5.74) is 2.10. The number of amides is 1. The first-order chi connectivity index (χ1) is 10.4. The fourth-order valence-electron chi connectivity index (χ4n) is 3.31. The van der Waals surface area contributed by atoms with Gasteiger partial charge in [-0.1, -0.05) is 45.0 Å². The quantitative estimate of drug-likeness (QED) is 0.909. The number of benzene rings is 1. The standard InChI is InChI=1S/C18H25NO3/c1-12(2)8-13(3)9-17(20)19-11-15-7-5-4-6-14(15)10-16(19)18(21)22/h4-7,12-13,16H,8-11H2,1-3H3,(H,21,22). The molecule has 4 heteroatoms.